The lowest BCUT2D eigenvalue weighted by Crippen LogP contribution is -2.40. The maximum absolute atomic E-state index is 13.2. The van der Waals surface area contributed by atoms with E-state index < -0.39 is 11.1 Å². The molecule has 2 saturated heterocycles. The Hall–Kier alpha value is -3.59. The Bertz CT molecular complexity index is 1210. The summed E-state index contributed by atoms with van der Waals surface area (Å²) < 4.78 is 24.8. The van der Waals surface area contributed by atoms with Crippen molar-refractivity contribution in [2.75, 3.05) is 26.7 Å². The number of hydrogen-bond acceptors (Lipinski definition) is 6. The number of ether oxygens (including phenoxy) is 2. The standard InChI is InChI=1S/C27H27FN2O5S/c1-3-6-20-13-19(14-22(34-2)25(20)35-17-18-7-9-21(28)10-8-18)15-23-26(32)30(27(33)36-23)16-24(31)29-11-4-5-12-29/h3,7-10,13-15H,1,4-6,11-12,16-17H2,2H3/b23-15+. The van der Waals surface area contributed by atoms with E-state index >= 15 is 0 Å². The molecule has 0 N–H and O–H groups in total. The highest BCUT2D eigenvalue weighted by Crippen LogP contribution is 2.37. The summed E-state index contributed by atoms with van der Waals surface area (Å²) in [6.07, 6.45) is 5.69. The average molecular weight is 511 g/mol. The van der Waals surface area contributed by atoms with Gasteiger partial charge in [-0.1, -0.05) is 18.2 Å². The number of halogens is 1. The molecule has 2 aliphatic rings. The fourth-order valence-electron chi connectivity index (χ4n) is 4.12. The lowest BCUT2D eigenvalue weighted by Gasteiger charge is -2.18. The predicted molar refractivity (Wildman–Crippen MR) is 136 cm³/mol. The highest BCUT2D eigenvalue weighted by molar-refractivity contribution is 8.18. The number of carbonyl (C=O) groups is 3. The zero-order valence-electron chi connectivity index (χ0n) is 20.0. The number of allylic oxidation sites excluding steroid dienone is 1. The molecule has 0 spiro atoms. The first-order valence-electron chi connectivity index (χ1n) is 11.6. The highest BCUT2D eigenvalue weighted by atomic mass is 32.2. The predicted octanol–water partition coefficient (Wildman–Crippen LogP) is 4.80. The summed E-state index contributed by atoms with van der Waals surface area (Å²) in [7, 11) is 1.51. The third-order valence-corrected chi connectivity index (χ3v) is 6.87. The highest BCUT2D eigenvalue weighted by Gasteiger charge is 2.37. The van der Waals surface area contributed by atoms with E-state index in [1.54, 1.807) is 35.3 Å². The molecule has 0 saturated carbocycles. The maximum Gasteiger partial charge on any atom is 0.294 e. The molecule has 0 bridgehead atoms. The zero-order chi connectivity index (χ0) is 25.7. The molecule has 188 valence electrons. The van der Waals surface area contributed by atoms with Crippen LogP contribution in [0.5, 0.6) is 11.5 Å². The SMILES string of the molecule is C=CCc1cc(/C=C2/SC(=O)N(CC(=O)N3CCCC3)C2=O)cc(OC)c1OCc1ccc(F)cc1. The van der Waals surface area contributed by atoms with E-state index in [2.05, 4.69) is 6.58 Å². The summed E-state index contributed by atoms with van der Waals surface area (Å²) in [6, 6.07) is 9.59. The van der Waals surface area contributed by atoms with Crippen LogP contribution < -0.4 is 9.47 Å². The molecule has 2 aromatic rings. The smallest absolute Gasteiger partial charge is 0.294 e. The molecule has 0 aromatic heterocycles. The van der Waals surface area contributed by atoms with Gasteiger partial charge in [-0.3, -0.25) is 19.3 Å². The van der Waals surface area contributed by atoms with Gasteiger partial charge in [0, 0.05) is 18.7 Å². The lowest BCUT2D eigenvalue weighted by molar-refractivity contribution is -0.135. The molecule has 4 rings (SSSR count). The number of rotatable bonds is 9. The summed E-state index contributed by atoms with van der Waals surface area (Å²) in [6.45, 7) is 5.09. The number of benzene rings is 2. The molecular weight excluding hydrogens is 483 g/mol. The Morgan fingerprint density at radius 3 is 2.56 bits per heavy atom. The number of hydrogen-bond donors (Lipinski definition) is 0. The topological polar surface area (TPSA) is 76.2 Å². The van der Waals surface area contributed by atoms with Crippen LogP contribution in [0.3, 0.4) is 0 Å². The van der Waals surface area contributed by atoms with Crippen molar-refractivity contribution in [2.45, 2.75) is 25.9 Å². The molecule has 9 heteroatoms. The van der Waals surface area contributed by atoms with Crippen molar-refractivity contribution < 1.29 is 28.2 Å². The number of thioether (sulfide) groups is 1. The molecule has 0 unspecified atom stereocenters. The van der Waals surface area contributed by atoms with Crippen LogP contribution in [0.25, 0.3) is 6.08 Å². The van der Waals surface area contributed by atoms with Crippen molar-refractivity contribution in [1.82, 2.24) is 9.80 Å². The molecule has 3 amide bonds. The van der Waals surface area contributed by atoms with Crippen LogP contribution in [0, 0.1) is 5.82 Å². The summed E-state index contributed by atoms with van der Waals surface area (Å²) in [5.41, 5.74) is 2.22. The van der Waals surface area contributed by atoms with E-state index in [0.717, 1.165) is 40.6 Å². The van der Waals surface area contributed by atoms with Crippen LogP contribution in [-0.4, -0.2) is 53.6 Å². The summed E-state index contributed by atoms with van der Waals surface area (Å²) >= 11 is 0.812. The molecule has 2 fully saturated rings. The second-order valence-electron chi connectivity index (χ2n) is 8.48. The van der Waals surface area contributed by atoms with Crippen molar-refractivity contribution in [3.8, 4) is 11.5 Å². The molecule has 2 aliphatic heterocycles. The van der Waals surface area contributed by atoms with E-state index in [1.807, 2.05) is 6.07 Å². The minimum Gasteiger partial charge on any atom is -0.493 e. The third-order valence-electron chi connectivity index (χ3n) is 5.96. The second-order valence-corrected chi connectivity index (χ2v) is 9.47. The minimum absolute atomic E-state index is 0.212. The van der Waals surface area contributed by atoms with E-state index in [9.17, 15) is 18.8 Å². The minimum atomic E-state index is -0.488. The number of imide groups is 1. The largest absolute Gasteiger partial charge is 0.493 e. The molecule has 0 radical (unpaired) electrons. The number of methoxy groups -OCH3 is 1. The van der Waals surface area contributed by atoms with Gasteiger partial charge in [0.1, 0.15) is 19.0 Å². The Morgan fingerprint density at radius 2 is 1.89 bits per heavy atom. The van der Waals surface area contributed by atoms with Crippen LogP contribution in [0.15, 0.2) is 54.0 Å². The van der Waals surface area contributed by atoms with E-state index in [0.29, 0.717) is 36.6 Å². The van der Waals surface area contributed by atoms with Gasteiger partial charge in [0.2, 0.25) is 5.91 Å². The fraction of sp³-hybridized carbons (Fsp3) is 0.296. The summed E-state index contributed by atoms with van der Waals surface area (Å²) in [4.78, 5) is 40.8. The van der Waals surface area contributed by atoms with Gasteiger partial charge in [-0.15, -0.1) is 6.58 Å². The van der Waals surface area contributed by atoms with Crippen molar-refractivity contribution >= 4 is 34.9 Å². The molecular formula is C27H27FN2O5S. The maximum atomic E-state index is 13.2. The normalized spacial score (nSPS) is 16.7. The van der Waals surface area contributed by atoms with Crippen molar-refractivity contribution in [3.63, 3.8) is 0 Å². The Balaban J connectivity index is 1.55. The molecule has 2 aromatic carbocycles. The van der Waals surface area contributed by atoms with Crippen molar-refractivity contribution in [1.29, 1.82) is 0 Å². The summed E-state index contributed by atoms with van der Waals surface area (Å²) in [5.74, 6) is -0.0562. The number of likely N-dealkylation sites (tertiary alicyclic amines) is 1. The van der Waals surface area contributed by atoms with E-state index in [1.165, 1.54) is 19.2 Å². The first-order chi connectivity index (χ1) is 17.4. The van der Waals surface area contributed by atoms with Crippen molar-refractivity contribution in [3.05, 3.63) is 76.5 Å². The Labute approximate surface area is 213 Å². The van der Waals surface area contributed by atoms with Gasteiger partial charge in [0.05, 0.1) is 12.0 Å². The van der Waals surface area contributed by atoms with E-state index in [4.69, 9.17) is 9.47 Å². The number of carbonyl (C=O) groups excluding carboxylic acids is 3. The van der Waals surface area contributed by atoms with Gasteiger partial charge < -0.3 is 14.4 Å². The zero-order valence-corrected chi connectivity index (χ0v) is 20.8. The van der Waals surface area contributed by atoms with Crippen LogP contribution in [0.4, 0.5) is 9.18 Å². The van der Waals surface area contributed by atoms with Crippen LogP contribution in [-0.2, 0) is 22.6 Å². The van der Waals surface area contributed by atoms with Crippen LogP contribution in [0.1, 0.15) is 29.5 Å². The Kier molecular flexibility index (Phi) is 8.10. The van der Waals surface area contributed by atoms with Crippen LogP contribution in [0.2, 0.25) is 0 Å². The lowest BCUT2D eigenvalue weighted by atomic mass is 10.0. The summed E-state index contributed by atoms with van der Waals surface area (Å²) in [5, 5.41) is -0.462. The van der Waals surface area contributed by atoms with Gasteiger partial charge in [0.15, 0.2) is 11.5 Å². The van der Waals surface area contributed by atoms with Gasteiger partial charge in [-0.05, 0) is 72.5 Å². The molecule has 7 nitrogen and oxygen atoms in total. The van der Waals surface area contributed by atoms with Gasteiger partial charge in [0.25, 0.3) is 11.1 Å². The van der Waals surface area contributed by atoms with E-state index in [-0.39, 0.29) is 29.8 Å². The molecule has 2 heterocycles. The van der Waals surface area contributed by atoms with Gasteiger partial charge >= 0.3 is 0 Å². The van der Waals surface area contributed by atoms with Crippen LogP contribution >= 0.6 is 11.8 Å². The monoisotopic (exact) mass is 510 g/mol. The quantitative estimate of drug-likeness (QED) is 0.356. The number of amides is 3. The first kappa shape index (κ1) is 25.5. The number of nitrogens with zero attached hydrogens (tertiary/aromatic N) is 2. The fourth-order valence-corrected chi connectivity index (χ4v) is 4.95. The average Bonchev–Trinajstić information content (AvgIpc) is 3.49. The molecule has 36 heavy (non-hydrogen) atoms. The molecule has 0 atom stereocenters. The Morgan fingerprint density at radius 1 is 1.17 bits per heavy atom. The van der Waals surface area contributed by atoms with Gasteiger partial charge in [-0.25, -0.2) is 4.39 Å². The molecule has 0 aliphatic carbocycles. The first-order valence-corrected chi connectivity index (χ1v) is 12.4. The third kappa shape index (κ3) is 5.79. The second kappa shape index (κ2) is 11.4. The van der Waals surface area contributed by atoms with Gasteiger partial charge in [-0.2, -0.15) is 0 Å². The van der Waals surface area contributed by atoms with Crippen molar-refractivity contribution in [2.24, 2.45) is 0 Å².